The molecule has 0 aromatic carbocycles. The third-order valence-corrected chi connectivity index (χ3v) is 4.24. The van der Waals surface area contributed by atoms with Crippen molar-refractivity contribution < 1.29 is 18.0 Å². The molecule has 2 heterocycles. The van der Waals surface area contributed by atoms with Crippen molar-refractivity contribution in [2.45, 2.75) is 24.9 Å². The molecule has 1 amide bonds. The first-order chi connectivity index (χ1) is 9.74. The highest BCUT2D eigenvalue weighted by atomic mass is 35.5. The minimum atomic E-state index is -4.48. The Morgan fingerprint density at radius 1 is 1.43 bits per heavy atom. The average molecular weight is 321 g/mol. The first kappa shape index (κ1) is 14.4. The minimum Gasteiger partial charge on any atom is -0.382 e. The minimum absolute atomic E-state index is 0.129. The zero-order valence-corrected chi connectivity index (χ0v) is 11.6. The summed E-state index contributed by atoms with van der Waals surface area (Å²) < 4.78 is 38.7. The molecule has 1 aromatic heterocycles. The summed E-state index contributed by atoms with van der Waals surface area (Å²) in [5.41, 5.74) is 3.94. The van der Waals surface area contributed by atoms with E-state index in [1.165, 1.54) is 11.1 Å². The average Bonchev–Trinajstić information content (AvgIpc) is 3.12. The van der Waals surface area contributed by atoms with Crippen LogP contribution in [0.2, 0.25) is 5.15 Å². The molecule has 5 nitrogen and oxygen atoms in total. The van der Waals surface area contributed by atoms with Gasteiger partial charge in [-0.15, -0.1) is 0 Å². The van der Waals surface area contributed by atoms with Crippen LogP contribution in [-0.2, 0) is 4.79 Å². The molecule has 1 aliphatic heterocycles. The van der Waals surface area contributed by atoms with Crippen molar-refractivity contribution in [3.63, 3.8) is 0 Å². The summed E-state index contributed by atoms with van der Waals surface area (Å²) in [6, 6.07) is 0. The Morgan fingerprint density at radius 2 is 2.05 bits per heavy atom. The fourth-order valence-corrected chi connectivity index (χ4v) is 2.69. The van der Waals surface area contributed by atoms with Gasteiger partial charge in [0.1, 0.15) is 16.4 Å². The lowest BCUT2D eigenvalue weighted by atomic mass is 9.92. The van der Waals surface area contributed by atoms with Crippen LogP contribution in [0.15, 0.2) is 6.20 Å². The number of rotatable bonds is 2. The smallest absolute Gasteiger partial charge is 0.382 e. The van der Waals surface area contributed by atoms with Crippen LogP contribution in [-0.4, -0.2) is 40.0 Å². The molecule has 0 radical (unpaired) electrons. The summed E-state index contributed by atoms with van der Waals surface area (Å²) in [6.45, 7) is 0.325. The third-order valence-electron chi connectivity index (χ3n) is 4.06. The van der Waals surface area contributed by atoms with E-state index in [9.17, 15) is 18.0 Å². The molecule has 2 aliphatic rings. The first-order valence-electron chi connectivity index (χ1n) is 6.38. The second kappa shape index (κ2) is 4.46. The predicted molar refractivity (Wildman–Crippen MR) is 68.5 cm³/mol. The number of hydrogen-bond acceptors (Lipinski definition) is 4. The van der Waals surface area contributed by atoms with Gasteiger partial charge >= 0.3 is 6.18 Å². The maximum absolute atomic E-state index is 12.9. The van der Waals surface area contributed by atoms with E-state index in [0.29, 0.717) is 5.69 Å². The van der Waals surface area contributed by atoms with Crippen LogP contribution in [0.5, 0.6) is 0 Å². The molecular formula is C12H12ClF3N4O. The van der Waals surface area contributed by atoms with Gasteiger partial charge in [-0.3, -0.25) is 4.79 Å². The number of alkyl halides is 3. The molecule has 0 atom stereocenters. The number of halogens is 4. The van der Waals surface area contributed by atoms with Gasteiger partial charge in [-0.25, -0.2) is 9.97 Å². The van der Waals surface area contributed by atoms with E-state index in [2.05, 4.69) is 9.97 Å². The number of hydrogen-bond donors (Lipinski definition) is 1. The van der Waals surface area contributed by atoms with Crippen LogP contribution in [0.3, 0.4) is 0 Å². The summed E-state index contributed by atoms with van der Waals surface area (Å²) in [7, 11) is 0. The lowest BCUT2D eigenvalue weighted by Gasteiger charge is -2.41. The van der Waals surface area contributed by atoms with Crippen LogP contribution < -0.4 is 5.73 Å². The largest absolute Gasteiger partial charge is 0.403 e. The number of aromatic nitrogens is 2. The molecule has 0 bridgehead atoms. The topological polar surface area (TPSA) is 72.1 Å². The van der Waals surface area contributed by atoms with Crippen molar-refractivity contribution in [1.29, 1.82) is 0 Å². The molecule has 1 saturated carbocycles. The Balaban J connectivity index is 1.69. The Labute approximate surface area is 123 Å². The Kier molecular flexibility index (Phi) is 3.05. The molecule has 1 saturated heterocycles. The van der Waals surface area contributed by atoms with Crippen LogP contribution in [0.4, 0.5) is 19.0 Å². The summed E-state index contributed by atoms with van der Waals surface area (Å²) >= 11 is 5.72. The molecule has 21 heavy (non-hydrogen) atoms. The Bertz CT molecular complexity index is 597. The first-order valence-corrected chi connectivity index (χ1v) is 6.76. The normalized spacial score (nSPS) is 21.0. The van der Waals surface area contributed by atoms with Crippen molar-refractivity contribution >= 4 is 23.3 Å². The summed E-state index contributed by atoms with van der Waals surface area (Å²) in [5, 5.41) is 0.165. The second-order valence-corrected chi connectivity index (χ2v) is 5.84. The van der Waals surface area contributed by atoms with Gasteiger partial charge in [0.15, 0.2) is 0 Å². The summed E-state index contributed by atoms with van der Waals surface area (Å²) in [5.74, 6) is -0.877. The van der Waals surface area contributed by atoms with Crippen LogP contribution in [0.1, 0.15) is 24.5 Å². The maximum atomic E-state index is 12.9. The molecule has 1 aromatic rings. The SMILES string of the molecule is Nc1ncc(Cl)nc1C1CN(C(=O)C2(C(F)(F)F)CC2)C1. The zero-order chi connectivity index (χ0) is 15.4. The van der Waals surface area contributed by atoms with Gasteiger partial charge in [-0.2, -0.15) is 13.2 Å². The van der Waals surface area contributed by atoms with Crippen LogP contribution >= 0.6 is 11.6 Å². The predicted octanol–water partition coefficient (Wildman–Crippen LogP) is 1.98. The van der Waals surface area contributed by atoms with Crippen molar-refractivity contribution in [2.75, 3.05) is 18.8 Å². The lowest BCUT2D eigenvalue weighted by Crippen LogP contribution is -2.54. The molecule has 2 fully saturated rings. The molecule has 0 unspecified atom stereocenters. The Hall–Kier alpha value is -1.57. The third kappa shape index (κ3) is 2.21. The van der Waals surface area contributed by atoms with E-state index in [4.69, 9.17) is 17.3 Å². The number of nitrogens with two attached hydrogens (primary N) is 1. The van der Waals surface area contributed by atoms with Crippen molar-refractivity contribution in [2.24, 2.45) is 5.41 Å². The van der Waals surface area contributed by atoms with E-state index in [1.54, 1.807) is 0 Å². The van der Waals surface area contributed by atoms with Gasteiger partial charge in [-0.1, -0.05) is 11.6 Å². The fraction of sp³-hybridized carbons (Fsp3) is 0.583. The number of anilines is 1. The van der Waals surface area contributed by atoms with E-state index in [0.717, 1.165) is 0 Å². The second-order valence-electron chi connectivity index (χ2n) is 5.45. The highest BCUT2D eigenvalue weighted by molar-refractivity contribution is 6.29. The van der Waals surface area contributed by atoms with Gasteiger partial charge < -0.3 is 10.6 Å². The lowest BCUT2D eigenvalue weighted by molar-refractivity contribution is -0.201. The fourth-order valence-electron chi connectivity index (χ4n) is 2.55. The number of nitrogens with zero attached hydrogens (tertiary/aromatic N) is 3. The summed E-state index contributed by atoms with van der Waals surface area (Å²) in [6.07, 6.45) is -3.44. The molecule has 0 spiro atoms. The van der Waals surface area contributed by atoms with Crippen molar-refractivity contribution in [3.8, 4) is 0 Å². The van der Waals surface area contributed by atoms with Gasteiger partial charge in [0, 0.05) is 19.0 Å². The number of carbonyl (C=O) groups excluding carboxylic acids is 1. The highest BCUT2D eigenvalue weighted by Crippen LogP contribution is 2.59. The molecule has 1 aliphatic carbocycles. The molecule has 2 N–H and O–H groups in total. The van der Waals surface area contributed by atoms with Crippen LogP contribution in [0, 0.1) is 5.41 Å². The quantitative estimate of drug-likeness (QED) is 0.904. The van der Waals surface area contributed by atoms with Gasteiger partial charge in [0.2, 0.25) is 5.91 Å². The maximum Gasteiger partial charge on any atom is 0.403 e. The van der Waals surface area contributed by atoms with E-state index in [-0.39, 0.29) is 42.8 Å². The Morgan fingerprint density at radius 3 is 2.57 bits per heavy atom. The number of likely N-dealkylation sites (tertiary alicyclic amines) is 1. The van der Waals surface area contributed by atoms with Gasteiger partial charge in [-0.05, 0) is 12.8 Å². The zero-order valence-electron chi connectivity index (χ0n) is 10.8. The van der Waals surface area contributed by atoms with E-state index >= 15 is 0 Å². The molecule has 114 valence electrons. The number of nitrogen functional groups attached to an aromatic ring is 1. The van der Waals surface area contributed by atoms with E-state index < -0.39 is 17.5 Å². The molecule has 3 rings (SSSR count). The molecular weight excluding hydrogens is 309 g/mol. The van der Waals surface area contributed by atoms with E-state index in [1.807, 2.05) is 0 Å². The number of amides is 1. The van der Waals surface area contributed by atoms with Gasteiger partial charge in [0.25, 0.3) is 0 Å². The monoisotopic (exact) mass is 320 g/mol. The van der Waals surface area contributed by atoms with Crippen molar-refractivity contribution in [1.82, 2.24) is 14.9 Å². The molecule has 9 heteroatoms. The van der Waals surface area contributed by atoms with Gasteiger partial charge in [0.05, 0.1) is 11.9 Å². The highest BCUT2D eigenvalue weighted by Gasteiger charge is 2.70. The summed E-state index contributed by atoms with van der Waals surface area (Å²) in [4.78, 5) is 21.1. The van der Waals surface area contributed by atoms with Crippen LogP contribution in [0.25, 0.3) is 0 Å². The standard InChI is InChI=1S/C12H12ClF3N4O/c13-7-3-18-9(17)8(19-7)6-4-20(5-6)10(21)11(1-2-11)12(14,15)16/h3,6H,1-2,4-5H2,(H2,17,18). The number of carbonyl (C=O) groups is 1. The van der Waals surface area contributed by atoms with Crippen molar-refractivity contribution in [3.05, 3.63) is 17.0 Å².